The molecule has 3 rings (SSSR count). The van der Waals surface area contributed by atoms with Crippen LogP contribution in [0.3, 0.4) is 0 Å². The Labute approximate surface area is 123 Å². The van der Waals surface area contributed by atoms with E-state index < -0.39 is 16.1 Å². The normalized spacial score (nSPS) is 22.5. The zero-order chi connectivity index (χ0) is 14.9. The lowest BCUT2D eigenvalue weighted by Crippen LogP contribution is -2.42. The quantitative estimate of drug-likeness (QED) is 0.827. The van der Waals surface area contributed by atoms with Crippen molar-refractivity contribution in [1.29, 1.82) is 5.26 Å². The first-order valence-electron chi connectivity index (χ1n) is 6.94. The fourth-order valence-corrected chi connectivity index (χ4v) is 4.27. The molecule has 112 valence electrons. The second-order valence-corrected chi connectivity index (χ2v) is 6.95. The van der Waals surface area contributed by atoms with Crippen LogP contribution in [0.1, 0.15) is 19.3 Å². The number of sulfonamides is 1. The van der Waals surface area contributed by atoms with Crippen molar-refractivity contribution in [2.75, 3.05) is 19.8 Å². The number of ether oxygens (including phenoxy) is 2. The van der Waals surface area contributed by atoms with Gasteiger partial charge in [-0.05, 0) is 31.4 Å². The first-order chi connectivity index (χ1) is 10.1. The SMILES string of the molecule is N#CC1CCCCN1S(=O)(=O)c1ccc2c(c1)OCCO2. The fraction of sp³-hybridized carbons (Fsp3) is 0.500. The standard InChI is InChI=1S/C14H16N2O4S/c15-10-11-3-1-2-6-16(11)21(17,18)12-4-5-13-14(9-12)20-8-7-19-13/h4-5,9,11H,1-3,6-8H2. The van der Waals surface area contributed by atoms with Crippen LogP contribution in [0.15, 0.2) is 23.1 Å². The molecule has 0 amide bonds. The Morgan fingerprint density at radius 3 is 2.71 bits per heavy atom. The summed E-state index contributed by atoms with van der Waals surface area (Å²) in [6.07, 6.45) is 2.24. The maximum absolute atomic E-state index is 12.7. The Hall–Kier alpha value is -1.78. The minimum absolute atomic E-state index is 0.147. The van der Waals surface area contributed by atoms with Crippen molar-refractivity contribution in [1.82, 2.24) is 4.31 Å². The molecule has 0 bridgehead atoms. The van der Waals surface area contributed by atoms with Crippen LogP contribution in [0.4, 0.5) is 0 Å². The molecule has 2 aliphatic heterocycles. The first-order valence-corrected chi connectivity index (χ1v) is 8.38. The van der Waals surface area contributed by atoms with E-state index in [1.54, 1.807) is 6.07 Å². The molecule has 1 atom stereocenters. The van der Waals surface area contributed by atoms with Gasteiger partial charge in [-0.2, -0.15) is 9.57 Å². The minimum atomic E-state index is -3.68. The lowest BCUT2D eigenvalue weighted by atomic mass is 10.1. The van der Waals surface area contributed by atoms with Crippen LogP contribution in [-0.2, 0) is 10.0 Å². The summed E-state index contributed by atoms with van der Waals surface area (Å²) in [4.78, 5) is 0.147. The highest BCUT2D eigenvalue weighted by Gasteiger charge is 2.34. The molecule has 0 aliphatic carbocycles. The van der Waals surface area contributed by atoms with Crippen molar-refractivity contribution >= 4 is 10.0 Å². The van der Waals surface area contributed by atoms with Gasteiger partial charge in [-0.1, -0.05) is 0 Å². The number of benzene rings is 1. The molecule has 2 aliphatic rings. The van der Waals surface area contributed by atoms with Crippen molar-refractivity contribution in [2.45, 2.75) is 30.2 Å². The van der Waals surface area contributed by atoms with E-state index in [2.05, 4.69) is 6.07 Å². The Balaban J connectivity index is 1.96. The van der Waals surface area contributed by atoms with Crippen molar-refractivity contribution < 1.29 is 17.9 Å². The van der Waals surface area contributed by atoms with Gasteiger partial charge in [0.05, 0.1) is 11.0 Å². The highest BCUT2D eigenvalue weighted by Crippen LogP contribution is 2.34. The van der Waals surface area contributed by atoms with Crippen LogP contribution >= 0.6 is 0 Å². The molecule has 2 heterocycles. The van der Waals surface area contributed by atoms with Crippen molar-refractivity contribution in [2.24, 2.45) is 0 Å². The summed E-state index contributed by atoms with van der Waals surface area (Å²) in [5.74, 6) is 0.989. The largest absolute Gasteiger partial charge is 0.486 e. The lowest BCUT2D eigenvalue weighted by Gasteiger charge is -2.30. The molecule has 0 spiro atoms. The van der Waals surface area contributed by atoms with Crippen LogP contribution in [0.2, 0.25) is 0 Å². The summed E-state index contributed by atoms with van der Waals surface area (Å²) in [5, 5.41) is 9.16. The van der Waals surface area contributed by atoms with E-state index in [-0.39, 0.29) is 4.90 Å². The highest BCUT2D eigenvalue weighted by atomic mass is 32.2. The summed E-state index contributed by atoms with van der Waals surface area (Å²) in [7, 11) is -3.68. The van der Waals surface area contributed by atoms with Gasteiger partial charge in [-0.3, -0.25) is 0 Å². The van der Waals surface area contributed by atoms with Crippen LogP contribution in [-0.4, -0.2) is 38.5 Å². The molecule has 1 aromatic rings. The lowest BCUT2D eigenvalue weighted by molar-refractivity contribution is 0.171. The van der Waals surface area contributed by atoms with Crippen LogP contribution in [0, 0.1) is 11.3 Å². The predicted molar refractivity (Wildman–Crippen MR) is 74.6 cm³/mol. The molecule has 0 saturated carbocycles. The van der Waals surface area contributed by atoms with Crippen LogP contribution in [0.25, 0.3) is 0 Å². The second kappa shape index (κ2) is 5.54. The molecule has 0 radical (unpaired) electrons. The molecule has 1 unspecified atom stereocenters. The van der Waals surface area contributed by atoms with E-state index >= 15 is 0 Å². The van der Waals surface area contributed by atoms with Gasteiger partial charge >= 0.3 is 0 Å². The monoisotopic (exact) mass is 308 g/mol. The Bertz CT molecular complexity index is 681. The summed E-state index contributed by atoms with van der Waals surface area (Å²) < 4.78 is 37.6. The number of fused-ring (bicyclic) bond motifs is 1. The molecule has 0 aromatic heterocycles. The zero-order valence-electron chi connectivity index (χ0n) is 11.5. The molecular weight excluding hydrogens is 292 g/mol. The van der Waals surface area contributed by atoms with Gasteiger partial charge in [-0.25, -0.2) is 8.42 Å². The third-order valence-electron chi connectivity index (χ3n) is 3.72. The van der Waals surface area contributed by atoms with E-state index in [1.807, 2.05) is 0 Å². The third kappa shape index (κ3) is 2.57. The molecule has 6 nitrogen and oxygen atoms in total. The highest BCUT2D eigenvalue weighted by molar-refractivity contribution is 7.89. The Kier molecular flexibility index (Phi) is 3.74. The number of piperidine rings is 1. The zero-order valence-corrected chi connectivity index (χ0v) is 12.3. The van der Waals surface area contributed by atoms with E-state index in [0.717, 1.165) is 12.8 Å². The Morgan fingerprint density at radius 1 is 1.19 bits per heavy atom. The number of nitriles is 1. The second-order valence-electron chi connectivity index (χ2n) is 5.06. The van der Waals surface area contributed by atoms with Gasteiger partial charge in [-0.15, -0.1) is 0 Å². The summed E-state index contributed by atoms with van der Waals surface area (Å²) in [6, 6.07) is 6.09. The maximum atomic E-state index is 12.7. The summed E-state index contributed by atoms with van der Waals surface area (Å²) >= 11 is 0. The Morgan fingerprint density at radius 2 is 1.95 bits per heavy atom. The number of hydrogen-bond donors (Lipinski definition) is 0. The molecule has 7 heteroatoms. The van der Waals surface area contributed by atoms with Crippen LogP contribution in [0.5, 0.6) is 11.5 Å². The molecule has 1 fully saturated rings. The molecular formula is C14H16N2O4S. The molecule has 21 heavy (non-hydrogen) atoms. The summed E-state index contributed by atoms with van der Waals surface area (Å²) in [5.41, 5.74) is 0. The summed E-state index contributed by atoms with van der Waals surface area (Å²) in [6.45, 7) is 1.25. The van der Waals surface area contributed by atoms with Gasteiger partial charge in [0, 0.05) is 12.6 Å². The number of nitrogens with zero attached hydrogens (tertiary/aromatic N) is 2. The van der Waals surface area contributed by atoms with Gasteiger partial charge in [0.15, 0.2) is 11.5 Å². The van der Waals surface area contributed by atoms with E-state index in [0.29, 0.717) is 37.7 Å². The molecule has 0 N–H and O–H groups in total. The van der Waals surface area contributed by atoms with Crippen molar-refractivity contribution in [3.8, 4) is 17.6 Å². The molecule has 1 aromatic carbocycles. The van der Waals surface area contributed by atoms with Gasteiger partial charge in [0.1, 0.15) is 19.3 Å². The van der Waals surface area contributed by atoms with E-state index in [9.17, 15) is 8.42 Å². The maximum Gasteiger partial charge on any atom is 0.244 e. The number of hydrogen-bond acceptors (Lipinski definition) is 5. The smallest absolute Gasteiger partial charge is 0.244 e. The fourth-order valence-electron chi connectivity index (χ4n) is 2.64. The van der Waals surface area contributed by atoms with Crippen molar-refractivity contribution in [3.05, 3.63) is 18.2 Å². The predicted octanol–water partition coefficient (Wildman–Crippen LogP) is 1.52. The number of rotatable bonds is 2. The van der Waals surface area contributed by atoms with Crippen LogP contribution < -0.4 is 9.47 Å². The molecule has 1 saturated heterocycles. The average molecular weight is 308 g/mol. The third-order valence-corrected chi connectivity index (χ3v) is 5.63. The van der Waals surface area contributed by atoms with E-state index in [1.165, 1.54) is 16.4 Å². The van der Waals surface area contributed by atoms with Crippen molar-refractivity contribution in [3.63, 3.8) is 0 Å². The van der Waals surface area contributed by atoms with E-state index in [4.69, 9.17) is 14.7 Å². The average Bonchev–Trinajstić information content (AvgIpc) is 2.54. The van der Waals surface area contributed by atoms with Gasteiger partial charge < -0.3 is 9.47 Å². The first kappa shape index (κ1) is 14.2. The van der Waals surface area contributed by atoms with Gasteiger partial charge in [0.25, 0.3) is 0 Å². The van der Waals surface area contributed by atoms with Gasteiger partial charge in [0.2, 0.25) is 10.0 Å². The minimum Gasteiger partial charge on any atom is -0.486 e. The topological polar surface area (TPSA) is 79.6 Å².